The van der Waals surface area contributed by atoms with Crippen LogP contribution >= 0.6 is 27.5 Å². The van der Waals surface area contributed by atoms with Gasteiger partial charge in [0.15, 0.2) is 9.84 Å². The monoisotopic (exact) mass is 354 g/mol. The Morgan fingerprint density at radius 3 is 2.50 bits per heavy atom. The predicted molar refractivity (Wildman–Crippen MR) is 78.2 cm³/mol. The van der Waals surface area contributed by atoms with Crippen molar-refractivity contribution in [2.75, 3.05) is 12.4 Å². The fourth-order valence-corrected chi connectivity index (χ4v) is 2.58. The molecule has 0 aliphatic rings. The summed E-state index contributed by atoms with van der Waals surface area (Å²) in [6.45, 7) is 5.12. The molecule has 0 saturated heterocycles. The summed E-state index contributed by atoms with van der Waals surface area (Å²) in [7, 11) is -3.17. The van der Waals surface area contributed by atoms with Crippen LogP contribution in [0.1, 0.15) is 20.8 Å². The third kappa shape index (κ3) is 4.14. The van der Waals surface area contributed by atoms with Gasteiger partial charge in [0.25, 0.3) is 0 Å². The van der Waals surface area contributed by atoms with E-state index in [0.717, 1.165) is 4.47 Å². The summed E-state index contributed by atoms with van der Waals surface area (Å²) in [6.07, 6.45) is 0. The molecule has 0 unspecified atom stereocenters. The normalized spacial score (nSPS) is 12.5. The molecule has 0 atom stereocenters. The molecule has 0 bridgehead atoms. The first kappa shape index (κ1) is 15.8. The number of hydrogen-bond acceptors (Lipinski definition) is 3. The first-order chi connectivity index (χ1) is 8.13. The molecule has 0 aromatic heterocycles. The van der Waals surface area contributed by atoms with E-state index in [1.54, 1.807) is 39.0 Å². The maximum absolute atomic E-state index is 11.9. The van der Waals surface area contributed by atoms with E-state index in [2.05, 4.69) is 15.9 Å². The van der Waals surface area contributed by atoms with Crippen LogP contribution in [0.4, 0.5) is 0 Å². The summed E-state index contributed by atoms with van der Waals surface area (Å²) in [4.78, 5) is 0. The zero-order valence-corrected chi connectivity index (χ0v) is 13.7. The topological polar surface area (TPSA) is 43.4 Å². The lowest BCUT2D eigenvalue weighted by Crippen LogP contribution is -2.32. The van der Waals surface area contributed by atoms with Gasteiger partial charge in [0, 0.05) is 4.47 Å². The number of sulfone groups is 1. The van der Waals surface area contributed by atoms with Crippen molar-refractivity contribution >= 4 is 37.4 Å². The highest BCUT2D eigenvalue weighted by Gasteiger charge is 2.28. The summed E-state index contributed by atoms with van der Waals surface area (Å²) in [5.74, 6) is 0.453. The van der Waals surface area contributed by atoms with Crippen LogP contribution in [0.3, 0.4) is 0 Å². The van der Waals surface area contributed by atoms with Crippen LogP contribution in [-0.4, -0.2) is 25.5 Å². The molecule has 1 aromatic rings. The van der Waals surface area contributed by atoms with Crippen molar-refractivity contribution in [3.8, 4) is 5.75 Å². The van der Waals surface area contributed by atoms with E-state index < -0.39 is 14.6 Å². The Morgan fingerprint density at radius 2 is 1.94 bits per heavy atom. The van der Waals surface area contributed by atoms with Crippen molar-refractivity contribution in [2.45, 2.75) is 25.5 Å². The zero-order valence-electron chi connectivity index (χ0n) is 10.5. The lowest BCUT2D eigenvalue weighted by molar-refractivity contribution is 0.339. The van der Waals surface area contributed by atoms with E-state index >= 15 is 0 Å². The van der Waals surface area contributed by atoms with Gasteiger partial charge in [-0.2, -0.15) is 0 Å². The molecule has 0 amide bonds. The minimum Gasteiger partial charge on any atom is -0.491 e. The molecule has 0 heterocycles. The number of hydrogen-bond donors (Lipinski definition) is 0. The lowest BCUT2D eigenvalue weighted by atomic mass is 10.3. The van der Waals surface area contributed by atoms with E-state index in [4.69, 9.17) is 16.3 Å². The molecule has 3 nitrogen and oxygen atoms in total. The first-order valence-electron chi connectivity index (χ1n) is 5.43. The predicted octanol–water partition coefficient (Wildman–Crippen LogP) is 3.69. The molecule has 1 aromatic carbocycles. The van der Waals surface area contributed by atoms with Crippen molar-refractivity contribution in [2.24, 2.45) is 0 Å². The third-order valence-electron chi connectivity index (χ3n) is 2.44. The second kappa shape index (κ2) is 5.80. The molecule has 0 radical (unpaired) electrons. The van der Waals surface area contributed by atoms with Gasteiger partial charge in [-0.15, -0.1) is 0 Å². The van der Waals surface area contributed by atoms with Gasteiger partial charge in [0.2, 0.25) is 0 Å². The molecule has 0 aliphatic carbocycles. The summed E-state index contributed by atoms with van der Waals surface area (Å²) < 4.78 is 29.2. The maximum Gasteiger partial charge on any atom is 0.158 e. The van der Waals surface area contributed by atoms with Gasteiger partial charge >= 0.3 is 0 Å². The number of halogens is 2. The minimum absolute atomic E-state index is 0.0284. The largest absolute Gasteiger partial charge is 0.491 e. The van der Waals surface area contributed by atoms with Crippen LogP contribution in [0.25, 0.3) is 0 Å². The minimum atomic E-state index is -3.17. The standard InChI is InChI=1S/C12H16BrClO3S/c1-12(2,3)18(15,16)7-6-17-11-8-9(13)4-5-10(11)14/h4-5,8H,6-7H2,1-3H3. The molecule has 0 aliphatic heterocycles. The Balaban J connectivity index is 2.65. The highest BCUT2D eigenvalue weighted by Crippen LogP contribution is 2.28. The van der Waals surface area contributed by atoms with Crippen molar-refractivity contribution < 1.29 is 13.2 Å². The van der Waals surface area contributed by atoms with E-state index in [1.165, 1.54) is 0 Å². The van der Waals surface area contributed by atoms with Crippen LogP contribution < -0.4 is 4.74 Å². The fourth-order valence-electron chi connectivity index (χ4n) is 1.16. The Labute approximate surface area is 122 Å². The Bertz CT molecular complexity index is 521. The summed E-state index contributed by atoms with van der Waals surface area (Å²) >= 11 is 9.24. The first-order valence-corrected chi connectivity index (χ1v) is 8.26. The molecule has 6 heteroatoms. The maximum atomic E-state index is 11.9. The van der Waals surface area contributed by atoms with Crippen LogP contribution in [0.15, 0.2) is 22.7 Å². The highest BCUT2D eigenvalue weighted by atomic mass is 79.9. The van der Waals surface area contributed by atoms with Gasteiger partial charge in [0.1, 0.15) is 12.4 Å². The molecule has 0 spiro atoms. The van der Waals surface area contributed by atoms with Gasteiger partial charge in [-0.25, -0.2) is 8.42 Å². The molecule has 0 fully saturated rings. The fraction of sp³-hybridized carbons (Fsp3) is 0.500. The summed E-state index contributed by atoms with van der Waals surface area (Å²) in [6, 6.07) is 5.20. The van der Waals surface area contributed by atoms with Gasteiger partial charge in [-0.3, -0.25) is 0 Å². The molecule has 0 N–H and O–H groups in total. The number of ether oxygens (including phenoxy) is 1. The van der Waals surface area contributed by atoms with Crippen molar-refractivity contribution in [3.63, 3.8) is 0 Å². The van der Waals surface area contributed by atoms with Gasteiger partial charge in [-0.1, -0.05) is 27.5 Å². The molecule has 102 valence electrons. The summed E-state index contributed by atoms with van der Waals surface area (Å²) in [5, 5.41) is 0.464. The smallest absolute Gasteiger partial charge is 0.158 e. The lowest BCUT2D eigenvalue weighted by Gasteiger charge is -2.19. The quantitative estimate of drug-likeness (QED) is 0.827. The second-order valence-electron chi connectivity index (χ2n) is 4.85. The molecule has 1 rings (SSSR count). The van der Waals surface area contributed by atoms with Crippen molar-refractivity contribution in [1.29, 1.82) is 0 Å². The van der Waals surface area contributed by atoms with Crippen LogP contribution in [0.2, 0.25) is 5.02 Å². The van der Waals surface area contributed by atoms with Crippen molar-refractivity contribution in [3.05, 3.63) is 27.7 Å². The molecular weight excluding hydrogens is 340 g/mol. The molecule has 18 heavy (non-hydrogen) atoms. The van der Waals surface area contributed by atoms with E-state index in [0.29, 0.717) is 10.8 Å². The van der Waals surface area contributed by atoms with Crippen LogP contribution in [-0.2, 0) is 9.84 Å². The van der Waals surface area contributed by atoms with E-state index in [9.17, 15) is 8.42 Å². The molecule has 0 saturated carbocycles. The Hall–Kier alpha value is -0.260. The summed E-state index contributed by atoms with van der Waals surface area (Å²) in [5.41, 5.74) is 0. The van der Waals surface area contributed by atoms with Crippen LogP contribution in [0.5, 0.6) is 5.75 Å². The Kier molecular flexibility index (Phi) is 5.09. The highest BCUT2D eigenvalue weighted by molar-refractivity contribution is 9.10. The van der Waals surface area contributed by atoms with Crippen LogP contribution in [0, 0.1) is 0 Å². The van der Waals surface area contributed by atoms with Gasteiger partial charge in [-0.05, 0) is 39.0 Å². The Morgan fingerprint density at radius 1 is 1.33 bits per heavy atom. The van der Waals surface area contributed by atoms with Crippen molar-refractivity contribution in [1.82, 2.24) is 0 Å². The number of benzene rings is 1. The van der Waals surface area contributed by atoms with Gasteiger partial charge < -0.3 is 4.74 Å². The zero-order chi connectivity index (χ0) is 14.0. The average molecular weight is 356 g/mol. The van der Waals surface area contributed by atoms with E-state index in [-0.39, 0.29) is 12.4 Å². The van der Waals surface area contributed by atoms with E-state index in [1.807, 2.05) is 0 Å². The third-order valence-corrected chi connectivity index (χ3v) is 5.81. The number of rotatable bonds is 4. The van der Waals surface area contributed by atoms with Gasteiger partial charge in [0.05, 0.1) is 15.5 Å². The SMILES string of the molecule is CC(C)(C)S(=O)(=O)CCOc1cc(Br)ccc1Cl. The second-order valence-corrected chi connectivity index (χ2v) is 9.04. The average Bonchev–Trinajstić information content (AvgIpc) is 2.21. The molecular formula is C12H16BrClO3S.